The molecule has 1 unspecified atom stereocenters. The Kier molecular flexibility index (Phi) is 46.6. The van der Waals surface area contributed by atoms with Crippen molar-refractivity contribution < 1.29 is 82.2 Å². The maximum Gasteiger partial charge on any atom is 0.326 e. The molecular weight excluding hydrogens is 1150 g/mol. The molecule has 24 nitrogen and oxygen atoms in total. The molecule has 0 saturated carbocycles. The van der Waals surface area contributed by atoms with Gasteiger partial charge in [-0.2, -0.15) is 0 Å². The summed E-state index contributed by atoms with van der Waals surface area (Å²) in [5, 5.41) is 46.3. The zero-order chi connectivity index (χ0) is 66.0. The summed E-state index contributed by atoms with van der Waals surface area (Å²) in [4.78, 5) is 126. The zero-order valence-electron chi connectivity index (χ0n) is 53.6. The number of phenolic OH excluding ortho intramolecular Hbond substituents is 1. The minimum absolute atomic E-state index is 0.000785. The molecule has 0 fully saturated rings. The first kappa shape index (κ1) is 80.6. The monoisotopic (exact) mass is 1260 g/mol. The van der Waals surface area contributed by atoms with Crippen molar-refractivity contribution in [3.05, 3.63) is 29.8 Å². The third kappa shape index (κ3) is 44.7. The number of phenols is 1. The number of carboxylic acid groups (broad SMARTS) is 2. The van der Waals surface area contributed by atoms with Gasteiger partial charge in [0.15, 0.2) is 5.78 Å². The van der Waals surface area contributed by atoms with Gasteiger partial charge in [0.1, 0.15) is 42.6 Å². The number of amidine groups is 1. The number of carboxylic acids is 2. The third-order valence-corrected chi connectivity index (χ3v) is 15.1. The number of primary amides is 1. The molecule has 0 aliphatic carbocycles. The first-order valence-electron chi connectivity index (χ1n) is 32.4. The van der Waals surface area contributed by atoms with E-state index in [4.69, 9.17) is 40.9 Å². The molecule has 24 heteroatoms. The highest BCUT2D eigenvalue weighted by atomic mass is 16.5. The van der Waals surface area contributed by atoms with Gasteiger partial charge in [-0.3, -0.25) is 48.6 Å². The number of amides is 5. The molecule has 0 aliphatic heterocycles. The first-order chi connectivity index (χ1) is 42.6. The molecule has 5 atom stereocenters. The minimum atomic E-state index is -1.20. The van der Waals surface area contributed by atoms with E-state index in [0.29, 0.717) is 70.1 Å². The number of unbranched alkanes of at least 4 members (excludes halogenated alkanes) is 14. The Morgan fingerprint density at radius 2 is 1.06 bits per heavy atom. The van der Waals surface area contributed by atoms with Crippen molar-refractivity contribution in [2.75, 3.05) is 65.9 Å². The second-order valence-electron chi connectivity index (χ2n) is 23.6. The number of nitrogens with one attached hydrogen (secondary N) is 5. The van der Waals surface area contributed by atoms with Gasteiger partial charge in [-0.05, 0) is 75.0 Å². The number of rotatable bonds is 60. The highest BCUT2D eigenvalue weighted by Gasteiger charge is 2.36. The molecule has 0 aliphatic rings. The van der Waals surface area contributed by atoms with Crippen LogP contribution in [-0.4, -0.2) is 158 Å². The van der Waals surface area contributed by atoms with Crippen LogP contribution >= 0.6 is 0 Å². The molecule has 506 valence electrons. The van der Waals surface area contributed by atoms with E-state index < -0.39 is 53.6 Å². The van der Waals surface area contributed by atoms with Gasteiger partial charge in [0, 0.05) is 88.8 Å². The van der Waals surface area contributed by atoms with Gasteiger partial charge in [-0.25, -0.2) is 4.79 Å². The van der Waals surface area contributed by atoms with Gasteiger partial charge in [0.25, 0.3) is 0 Å². The van der Waals surface area contributed by atoms with Gasteiger partial charge < -0.3 is 67.0 Å². The molecular formula is C65H109N7O17. The summed E-state index contributed by atoms with van der Waals surface area (Å²) < 4.78 is 21.8. The van der Waals surface area contributed by atoms with Crippen molar-refractivity contribution in [2.24, 2.45) is 35.1 Å². The third-order valence-electron chi connectivity index (χ3n) is 15.1. The van der Waals surface area contributed by atoms with Crippen LogP contribution in [0.1, 0.15) is 206 Å². The number of carbonyl (C=O) groups is 10. The smallest absolute Gasteiger partial charge is 0.326 e. The van der Waals surface area contributed by atoms with Crippen LogP contribution in [0.15, 0.2) is 24.3 Å². The van der Waals surface area contributed by atoms with E-state index in [2.05, 4.69) is 21.3 Å². The van der Waals surface area contributed by atoms with Crippen LogP contribution in [0.5, 0.6) is 5.75 Å². The van der Waals surface area contributed by atoms with Crippen molar-refractivity contribution in [1.29, 1.82) is 5.41 Å². The van der Waals surface area contributed by atoms with Crippen LogP contribution in [0.4, 0.5) is 0 Å². The number of ketones is 3. The highest BCUT2D eigenvalue weighted by Crippen LogP contribution is 2.28. The predicted molar refractivity (Wildman–Crippen MR) is 337 cm³/mol. The summed E-state index contributed by atoms with van der Waals surface area (Å²) in [6, 6.07) is 3.88. The molecule has 0 heterocycles. The maximum absolute atomic E-state index is 14.3. The molecule has 0 aromatic heterocycles. The molecule has 0 bridgehead atoms. The summed E-state index contributed by atoms with van der Waals surface area (Å²) >= 11 is 0. The number of Topliss-reactive ketones (excluding diaryl/α,β-unsaturated/α-hetero) is 3. The van der Waals surface area contributed by atoms with Gasteiger partial charge in [-0.1, -0.05) is 116 Å². The van der Waals surface area contributed by atoms with Gasteiger partial charge in [0.05, 0.1) is 38.9 Å². The summed E-state index contributed by atoms with van der Waals surface area (Å²) in [5.74, 6) is -7.00. The Labute approximate surface area is 527 Å². The Balaban J connectivity index is 2.27. The molecule has 0 saturated heterocycles. The molecule has 12 N–H and O–H groups in total. The van der Waals surface area contributed by atoms with Crippen molar-refractivity contribution in [2.45, 2.75) is 219 Å². The fourth-order valence-electron chi connectivity index (χ4n) is 10.1. The van der Waals surface area contributed by atoms with Crippen molar-refractivity contribution in [3.63, 3.8) is 0 Å². The largest absolute Gasteiger partial charge is 0.508 e. The number of carbonyl (C=O) groups excluding carboxylic acids is 8. The summed E-state index contributed by atoms with van der Waals surface area (Å²) in [5.41, 5.74) is 11.9. The van der Waals surface area contributed by atoms with E-state index in [0.717, 1.165) is 51.4 Å². The average molecular weight is 1260 g/mol. The second kappa shape index (κ2) is 51.4. The first-order valence-corrected chi connectivity index (χ1v) is 32.4. The number of aliphatic carboxylic acids is 2. The lowest BCUT2D eigenvalue weighted by Crippen LogP contribution is -2.49. The van der Waals surface area contributed by atoms with Crippen LogP contribution in [-0.2, 0) is 73.3 Å². The van der Waals surface area contributed by atoms with Crippen LogP contribution in [0.3, 0.4) is 0 Å². The second-order valence-corrected chi connectivity index (χ2v) is 23.6. The van der Waals surface area contributed by atoms with Gasteiger partial charge in [0.2, 0.25) is 29.5 Å². The maximum atomic E-state index is 14.3. The summed E-state index contributed by atoms with van der Waals surface area (Å²) in [7, 11) is 0. The van der Waals surface area contributed by atoms with E-state index in [1.807, 2.05) is 13.8 Å². The Morgan fingerprint density at radius 3 is 1.64 bits per heavy atom. The van der Waals surface area contributed by atoms with Crippen molar-refractivity contribution in [1.82, 2.24) is 21.3 Å². The van der Waals surface area contributed by atoms with Crippen LogP contribution < -0.4 is 32.7 Å². The Morgan fingerprint density at radius 1 is 0.506 bits per heavy atom. The lowest BCUT2D eigenvalue weighted by atomic mass is 9.77. The molecule has 89 heavy (non-hydrogen) atoms. The van der Waals surface area contributed by atoms with E-state index in [9.17, 15) is 58.2 Å². The van der Waals surface area contributed by atoms with E-state index in [1.165, 1.54) is 37.8 Å². The SMILES string of the molecule is CC(C)CC(=O)C[C@@H](CCCCNC(=O)COCCOCCCC(=O)COCCOCCNC(=O)CC[C@H](NC(=O)CCCCCCCCCCCCCCCC(=O)O)C(=O)O)C(=O)C(C)[C@@H](CCCCC(=N)N)C(=O)N[C@@H](Cc1ccc(O)cc1)C(N)=O. The average Bonchev–Trinajstić information content (AvgIpc) is 3.64. The van der Waals surface area contributed by atoms with Crippen LogP contribution in [0, 0.1) is 29.1 Å². The van der Waals surface area contributed by atoms with Gasteiger partial charge in [-0.15, -0.1) is 0 Å². The van der Waals surface area contributed by atoms with E-state index in [-0.39, 0.29) is 163 Å². The standard InChI is InChI=1S/C65H109N7O17/c1-47(2)42-53(75)44-50(62(81)48(3)54(24-17-18-25-57(66)67)64(83)72-56(63(68)82)43-49-28-30-51(73)31-29-49)22-19-20-34-69-60(78)46-89-41-38-86-36-21-23-52(74)45-88-40-39-87-37-35-70-58(76)33-32-55(65(84)85)71-59(77)26-15-13-11-9-7-5-4-6-8-10-12-14-16-27-61(79)80/h28-31,47-48,50,54-56,73H,4-27,32-46H2,1-3H3,(H3,66,67)(H2,68,82)(H,69,78)(H,70,76)(H,71,77)(H,72,83)(H,79,80)(H,84,85)/t48?,50-,54-,55+,56+/m1/s1. The van der Waals surface area contributed by atoms with Crippen molar-refractivity contribution in [3.8, 4) is 5.75 Å². The molecule has 0 radical (unpaired) electrons. The van der Waals surface area contributed by atoms with Crippen molar-refractivity contribution >= 4 is 64.7 Å². The normalized spacial score (nSPS) is 12.9. The minimum Gasteiger partial charge on any atom is -0.508 e. The molecule has 0 spiro atoms. The predicted octanol–water partition coefficient (Wildman–Crippen LogP) is 6.95. The fraction of sp³-hybridized carbons (Fsp3) is 0.738. The highest BCUT2D eigenvalue weighted by molar-refractivity contribution is 5.94. The number of aromatic hydroxyl groups is 1. The lowest BCUT2D eigenvalue weighted by Gasteiger charge is -2.28. The fourth-order valence-corrected chi connectivity index (χ4v) is 10.1. The molecule has 1 aromatic rings. The zero-order valence-corrected chi connectivity index (χ0v) is 53.6. The Bertz CT molecular complexity index is 2230. The summed E-state index contributed by atoms with van der Waals surface area (Å²) in [6.07, 6.45) is 17.8. The number of benzene rings is 1. The summed E-state index contributed by atoms with van der Waals surface area (Å²) in [6.45, 7) is 6.86. The van der Waals surface area contributed by atoms with Gasteiger partial charge >= 0.3 is 11.9 Å². The molecule has 1 aromatic carbocycles. The topological polar surface area (TPSA) is 392 Å². The van der Waals surface area contributed by atoms with Crippen LogP contribution in [0.25, 0.3) is 0 Å². The molecule has 5 amide bonds. The quantitative estimate of drug-likeness (QED) is 0.0179. The number of ether oxygens (including phenoxy) is 4. The number of hydrogen-bond acceptors (Lipinski definition) is 16. The van der Waals surface area contributed by atoms with Crippen LogP contribution in [0.2, 0.25) is 0 Å². The van der Waals surface area contributed by atoms with E-state index in [1.54, 1.807) is 19.1 Å². The number of nitrogens with two attached hydrogens (primary N) is 2. The molecule has 1 rings (SSSR count). The van der Waals surface area contributed by atoms with E-state index >= 15 is 0 Å². The Hall–Kier alpha value is -6.37. The number of hydrogen-bond donors (Lipinski definition) is 10. The lowest BCUT2D eigenvalue weighted by molar-refractivity contribution is -0.142.